The molecule has 0 aromatic carbocycles. The third-order valence-electron chi connectivity index (χ3n) is 2.39. The first-order chi connectivity index (χ1) is 6.07. The zero-order valence-corrected chi connectivity index (χ0v) is 8.41. The number of hydrogen-bond acceptors (Lipinski definition) is 2. The molecule has 1 fully saturated rings. The molecule has 4 heteroatoms. The number of rotatable bonds is 3. The second-order valence-electron chi connectivity index (χ2n) is 3.75. The maximum Gasteiger partial charge on any atom is 0.260 e. The van der Waals surface area contributed by atoms with Gasteiger partial charge in [-0.05, 0) is 5.92 Å². The number of amides is 2. The molecule has 0 aromatic heterocycles. The summed E-state index contributed by atoms with van der Waals surface area (Å²) in [6, 6.07) is 0. The summed E-state index contributed by atoms with van der Waals surface area (Å²) in [7, 11) is 1.67. The maximum atomic E-state index is 11.6. The van der Waals surface area contributed by atoms with Gasteiger partial charge in [0.1, 0.15) is 0 Å². The molecular formula is C9H15BNO2. The standard InChI is InChI=1S/C9H15BNO2/c1-4-10-11-8(12)5-7(6(2)3)9(11)13/h6-7H,4-5H2,1-3H3. The highest BCUT2D eigenvalue weighted by Crippen LogP contribution is 2.25. The summed E-state index contributed by atoms with van der Waals surface area (Å²) >= 11 is 0. The van der Waals surface area contributed by atoms with Crippen LogP contribution in [0.5, 0.6) is 0 Å². The van der Waals surface area contributed by atoms with Crippen molar-refractivity contribution in [3.05, 3.63) is 0 Å². The molecule has 1 heterocycles. The Hall–Kier alpha value is -0.795. The first-order valence-corrected chi connectivity index (χ1v) is 4.77. The molecule has 0 bridgehead atoms. The summed E-state index contributed by atoms with van der Waals surface area (Å²) < 4.78 is 0. The van der Waals surface area contributed by atoms with Gasteiger partial charge < -0.3 is 4.81 Å². The number of imide groups is 1. The maximum absolute atomic E-state index is 11.6. The van der Waals surface area contributed by atoms with Gasteiger partial charge in [0.15, 0.2) is 0 Å². The normalized spacial score (nSPS) is 23.1. The van der Waals surface area contributed by atoms with Crippen LogP contribution in [0.2, 0.25) is 6.32 Å². The fraction of sp³-hybridized carbons (Fsp3) is 0.778. The third kappa shape index (κ3) is 1.93. The Bertz CT molecular complexity index is 228. The topological polar surface area (TPSA) is 37.4 Å². The molecule has 1 unspecified atom stereocenters. The first kappa shape index (κ1) is 10.3. The zero-order chi connectivity index (χ0) is 10.0. The van der Waals surface area contributed by atoms with Crippen LogP contribution in [0, 0.1) is 11.8 Å². The molecule has 0 saturated carbocycles. The average molecular weight is 180 g/mol. The number of nitrogens with zero attached hydrogens (tertiary/aromatic N) is 1. The molecule has 1 atom stereocenters. The second kappa shape index (κ2) is 3.94. The molecule has 1 rings (SSSR count). The minimum absolute atomic E-state index is 0.0261. The van der Waals surface area contributed by atoms with Crippen molar-refractivity contribution in [3.63, 3.8) is 0 Å². The fourth-order valence-corrected chi connectivity index (χ4v) is 1.57. The quantitative estimate of drug-likeness (QED) is 0.481. The SMILES string of the molecule is CC[B]N1C(=O)CC(C(C)C)C1=O. The van der Waals surface area contributed by atoms with Crippen LogP contribution in [0.25, 0.3) is 0 Å². The van der Waals surface area contributed by atoms with E-state index in [9.17, 15) is 9.59 Å². The predicted octanol–water partition coefficient (Wildman–Crippen LogP) is 1.07. The van der Waals surface area contributed by atoms with E-state index in [0.29, 0.717) is 6.42 Å². The summed E-state index contributed by atoms with van der Waals surface area (Å²) in [5, 5.41) is 0. The highest BCUT2D eigenvalue weighted by molar-refractivity contribution is 6.43. The molecule has 1 saturated heterocycles. The average Bonchev–Trinajstić information content (AvgIpc) is 2.32. The van der Waals surface area contributed by atoms with Crippen molar-refractivity contribution in [2.75, 3.05) is 0 Å². The van der Waals surface area contributed by atoms with E-state index < -0.39 is 0 Å². The lowest BCUT2D eigenvalue weighted by molar-refractivity contribution is -0.134. The lowest BCUT2D eigenvalue weighted by Crippen LogP contribution is -2.34. The van der Waals surface area contributed by atoms with Crippen LogP contribution in [-0.2, 0) is 9.59 Å². The Morgan fingerprint density at radius 2 is 2.15 bits per heavy atom. The van der Waals surface area contributed by atoms with E-state index >= 15 is 0 Å². The molecule has 1 aliphatic rings. The van der Waals surface area contributed by atoms with Crippen molar-refractivity contribution >= 4 is 19.2 Å². The summed E-state index contributed by atoms with van der Waals surface area (Å²) in [4.78, 5) is 24.3. The molecule has 13 heavy (non-hydrogen) atoms. The Kier molecular flexibility index (Phi) is 3.12. The summed E-state index contributed by atoms with van der Waals surface area (Å²) in [6.45, 7) is 5.87. The highest BCUT2D eigenvalue weighted by Gasteiger charge is 2.39. The van der Waals surface area contributed by atoms with Crippen LogP contribution < -0.4 is 0 Å². The summed E-state index contributed by atoms with van der Waals surface area (Å²) in [6.07, 6.45) is 1.11. The molecule has 0 aromatic rings. The van der Waals surface area contributed by atoms with E-state index in [1.54, 1.807) is 7.41 Å². The Morgan fingerprint density at radius 3 is 2.54 bits per heavy atom. The van der Waals surface area contributed by atoms with E-state index in [0.717, 1.165) is 6.32 Å². The Morgan fingerprint density at radius 1 is 1.54 bits per heavy atom. The smallest absolute Gasteiger partial charge is 0.260 e. The van der Waals surface area contributed by atoms with Gasteiger partial charge in [0, 0.05) is 12.3 Å². The minimum Gasteiger partial charge on any atom is -0.334 e. The van der Waals surface area contributed by atoms with E-state index in [-0.39, 0.29) is 23.7 Å². The van der Waals surface area contributed by atoms with Crippen LogP contribution in [0.3, 0.4) is 0 Å². The lowest BCUT2D eigenvalue weighted by Gasteiger charge is -2.14. The van der Waals surface area contributed by atoms with Crippen LogP contribution >= 0.6 is 0 Å². The molecule has 71 valence electrons. The minimum atomic E-state index is -0.102. The van der Waals surface area contributed by atoms with Crippen molar-refractivity contribution in [1.82, 2.24) is 4.81 Å². The molecule has 3 nitrogen and oxygen atoms in total. The molecule has 0 aliphatic carbocycles. The van der Waals surface area contributed by atoms with Crippen molar-refractivity contribution in [2.24, 2.45) is 11.8 Å². The van der Waals surface area contributed by atoms with Gasteiger partial charge in [-0.2, -0.15) is 0 Å². The Labute approximate surface area is 79.7 Å². The van der Waals surface area contributed by atoms with Crippen LogP contribution in [0.4, 0.5) is 0 Å². The van der Waals surface area contributed by atoms with Gasteiger partial charge in [0.25, 0.3) is 7.41 Å². The largest absolute Gasteiger partial charge is 0.334 e. The lowest BCUT2D eigenvalue weighted by atomic mass is 9.87. The van der Waals surface area contributed by atoms with Gasteiger partial charge in [-0.25, -0.2) is 0 Å². The first-order valence-electron chi connectivity index (χ1n) is 4.77. The molecule has 1 aliphatic heterocycles. The van der Waals surface area contributed by atoms with Gasteiger partial charge in [0.05, 0.1) is 0 Å². The molecule has 1 radical (unpaired) electrons. The molecular weight excluding hydrogens is 165 g/mol. The summed E-state index contributed by atoms with van der Waals surface area (Å²) in [5.74, 6) is 0.0782. The summed E-state index contributed by atoms with van der Waals surface area (Å²) in [5.41, 5.74) is 0. The van der Waals surface area contributed by atoms with Gasteiger partial charge in [0.2, 0.25) is 11.8 Å². The van der Waals surface area contributed by atoms with Crippen LogP contribution in [0.15, 0.2) is 0 Å². The van der Waals surface area contributed by atoms with E-state index in [1.807, 2.05) is 20.8 Å². The molecule has 0 N–H and O–H groups in total. The molecule has 2 amide bonds. The van der Waals surface area contributed by atoms with Crippen molar-refractivity contribution in [3.8, 4) is 0 Å². The van der Waals surface area contributed by atoms with E-state index in [2.05, 4.69) is 0 Å². The van der Waals surface area contributed by atoms with Crippen molar-refractivity contribution in [2.45, 2.75) is 33.5 Å². The van der Waals surface area contributed by atoms with E-state index in [1.165, 1.54) is 4.81 Å². The number of hydrogen-bond donors (Lipinski definition) is 0. The van der Waals surface area contributed by atoms with Gasteiger partial charge in [-0.1, -0.05) is 27.1 Å². The Balaban J connectivity index is 2.69. The van der Waals surface area contributed by atoms with Crippen LogP contribution in [0.1, 0.15) is 27.2 Å². The highest BCUT2D eigenvalue weighted by atomic mass is 16.2. The monoisotopic (exact) mass is 180 g/mol. The van der Waals surface area contributed by atoms with E-state index in [4.69, 9.17) is 0 Å². The van der Waals surface area contributed by atoms with Gasteiger partial charge >= 0.3 is 0 Å². The van der Waals surface area contributed by atoms with Crippen LogP contribution in [-0.4, -0.2) is 24.0 Å². The number of carbonyl (C=O) groups excluding carboxylic acids is 2. The van der Waals surface area contributed by atoms with Crippen molar-refractivity contribution in [1.29, 1.82) is 0 Å². The van der Waals surface area contributed by atoms with Gasteiger partial charge in [-0.15, -0.1) is 0 Å². The van der Waals surface area contributed by atoms with Crippen molar-refractivity contribution < 1.29 is 9.59 Å². The third-order valence-corrected chi connectivity index (χ3v) is 2.39. The van der Waals surface area contributed by atoms with Gasteiger partial charge in [-0.3, -0.25) is 9.59 Å². The fourth-order valence-electron chi connectivity index (χ4n) is 1.57. The zero-order valence-electron chi connectivity index (χ0n) is 8.41. The predicted molar refractivity (Wildman–Crippen MR) is 51.0 cm³/mol. The second-order valence-corrected chi connectivity index (χ2v) is 3.75. The number of carbonyl (C=O) groups is 2. The molecule has 0 spiro atoms.